The van der Waals surface area contributed by atoms with Crippen molar-refractivity contribution in [1.29, 1.82) is 0 Å². The fourth-order valence-electron chi connectivity index (χ4n) is 4.03. The maximum atomic E-state index is 6.08. The zero-order chi connectivity index (χ0) is 18.6. The summed E-state index contributed by atoms with van der Waals surface area (Å²) in [6.45, 7) is 10.2. The predicted octanol–water partition coefficient (Wildman–Crippen LogP) is 2.25. The average Bonchev–Trinajstić information content (AvgIpc) is 3.02. The molecule has 0 spiro atoms. The van der Waals surface area contributed by atoms with Crippen LogP contribution in [0.25, 0.3) is 0 Å². The van der Waals surface area contributed by atoms with Crippen molar-refractivity contribution in [3.05, 3.63) is 0 Å². The van der Waals surface area contributed by atoms with E-state index in [2.05, 4.69) is 0 Å². The van der Waals surface area contributed by atoms with Crippen LogP contribution in [0.15, 0.2) is 0 Å². The molecule has 4 fully saturated rings. The fraction of sp³-hybridized carbons (Fsp3) is 1.00. The van der Waals surface area contributed by atoms with E-state index in [0.29, 0.717) is 6.61 Å². The minimum absolute atomic E-state index is 0.187. The summed E-state index contributed by atoms with van der Waals surface area (Å²) >= 11 is 0. The Labute approximate surface area is 154 Å². The Kier molecular flexibility index (Phi) is 4.85. The third-order valence-electron chi connectivity index (χ3n) is 5.15. The zero-order valence-corrected chi connectivity index (χ0v) is 16.2. The Hall–Kier alpha value is -0.320. The molecule has 0 aromatic carbocycles. The highest BCUT2D eigenvalue weighted by Gasteiger charge is 2.60. The molecule has 0 N–H and O–H groups in total. The standard InChI is InChI=1S/C18H30O8/c1-16(2)22-12-11(10-20-26-18(5)8-6-7-9-19-18)21-15-14(13(12)23-16)24-17(3,4)25-15/h11-15H,6-10H2,1-5H3. The van der Waals surface area contributed by atoms with Crippen LogP contribution < -0.4 is 0 Å². The van der Waals surface area contributed by atoms with Gasteiger partial charge in [-0.3, -0.25) is 0 Å². The lowest BCUT2D eigenvalue weighted by atomic mass is 9.99. The van der Waals surface area contributed by atoms with E-state index in [0.717, 1.165) is 19.3 Å². The van der Waals surface area contributed by atoms with E-state index in [1.54, 1.807) is 0 Å². The van der Waals surface area contributed by atoms with Gasteiger partial charge in [0.15, 0.2) is 23.7 Å². The minimum atomic E-state index is -0.731. The molecule has 0 bridgehead atoms. The maximum absolute atomic E-state index is 6.08. The van der Waals surface area contributed by atoms with Crippen LogP contribution in [0.1, 0.15) is 53.9 Å². The third kappa shape index (κ3) is 3.79. The fourth-order valence-corrected chi connectivity index (χ4v) is 4.03. The molecule has 6 unspecified atom stereocenters. The Bertz CT molecular complexity index is 515. The van der Waals surface area contributed by atoms with E-state index < -0.39 is 29.8 Å². The monoisotopic (exact) mass is 374 g/mol. The van der Waals surface area contributed by atoms with Crippen molar-refractivity contribution >= 4 is 0 Å². The number of hydrogen-bond donors (Lipinski definition) is 0. The Morgan fingerprint density at radius 3 is 2.27 bits per heavy atom. The molecule has 8 heteroatoms. The van der Waals surface area contributed by atoms with E-state index in [-0.39, 0.29) is 24.9 Å². The Balaban J connectivity index is 1.41. The highest BCUT2D eigenvalue weighted by molar-refractivity contribution is 4.99. The number of ether oxygens (including phenoxy) is 6. The molecule has 0 aromatic heterocycles. The van der Waals surface area contributed by atoms with Gasteiger partial charge >= 0.3 is 0 Å². The maximum Gasteiger partial charge on any atom is 0.198 e. The predicted molar refractivity (Wildman–Crippen MR) is 87.8 cm³/mol. The van der Waals surface area contributed by atoms with E-state index in [9.17, 15) is 0 Å². The van der Waals surface area contributed by atoms with Crippen LogP contribution in [0, 0.1) is 0 Å². The molecule has 26 heavy (non-hydrogen) atoms. The molecule has 4 saturated heterocycles. The van der Waals surface area contributed by atoms with Gasteiger partial charge in [0.05, 0.1) is 6.61 Å². The topological polar surface area (TPSA) is 73.8 Å². The van der Waals surface area contributed by atoms with E-state index >= 15 is 0 Å². The van der Waals surface area contributed by atoms with Gasteiger partial charge in [0.2, 0.25) is 0 Å². The van der Waals surface area contributed by atoms with Crippen molar-refractivity contribution in [2.24, 2.45) is 0 Å². The summed E-state index contributed by atoms with van der Waals surface area (Å²) < 4.78 is 35.8. The van der Waals surface area contributed by atoms with Crippen LogP contribution in [-0.2, 0) is 38.2 Å². The molecular formula is C18H30O8. The Morgan fingerprint density at radius 2 is 1.54 bits per heavy atom. The highest BCUT2D eigenvalue weighted by atomic mass is 17.2. The second kappa shape index (κ2) is 6.63. The average molecular weight is 374 g/mol. The van der Waals surface area contributed by atoms with Gasteiger partial charge in [-0.15, -0.1) is 0 Å². The van der Waals surface area contributed by atoms with Gasteiger partial charge in [-0.1, -0.05) is 0 Å². The minimum Gasteiger partial charge on any atom is -0.348 e. The first-order valence-corrected chi connectivity index (χ1v) is 9.48. The van der Waals surface area contributed by atoms with Gasteiger partial charge in [0.1, 0.15) is 31.0 Å². The lowest BCUT2D eigenvalue weighted by Crippen LogP contribution is -2.56. The molecular weight excluding hydrogens is 344 g/mol. The van der Waals surface area contributed by atoms with Gasteiger partial charge in [-0.05, 0) is 47.5 Å². The van der Waals surface area contributed by atoms with Crippen molar-refractivity contribution in [1.82, 2.24) is 0 Å². The smallest absolute Gasteiger partial charge is 0.198 e. The lowest BCUT2D eigenvalue weighted by Gasteiger charge is -2.37. The molecule has 0 radical (unpaired) electrons. The van der Waals surface area contributed by atoms with E-state index in [4.69, 9.17) is 38.2 Å². The first kappa shape index (κ1) is 19.0. The van der Waals surface area contributed by atoms with Gasteiger partial charge < -0.3 is 28.4 Å². The SMILES string of the molecule is CC1(C)OC2OC(COOC3(C)CCCCO3)C3OC(C)(C)OC3C2O1. The van der Waals surface area contributed by atoms with Crippen LogP contribution in [0.4, 0.5) is 0 Å². The van der Waals surface area contributed by atoms with E-state index in [1.807, 2.05) is 34.6 Å². The Morgan fingerprint density at radius 1 is 0.846 bits per heavy atom. The van der Waals surface area contributed by atoms with Gasteiger partial charge in [0.25, 0.3) is 0 Å². The second-order valence-electron chi connectivity index (χ2n) is 8.52. The molecule has 4 aliphatic rings. The van der Waals surface area contributed by atoms with E-state index in [1.165, 1.54) is 0 Å². The van der Waals surface area contributed by atoms with Crippen molar-refractivity contribution < 1.29 is 38.2 Å². The summed E-state index contributed by atoms with van der Waals surface area (Å²) in [4.78, 5) is 11.1. The summed E-state index contributed by atoms with van der Waals surface area (Å²) in [5.74, 6) is -2.16. The van der Waals surface area contributed by atoms with Crippen molar-refractivity contribution in [3.63, 3.8) is 0 Å². The number of fused-ring (bicyclic) bond motifs is 3. The summed E-state index contributed by atoms with van der Waals surface area (Å²) in [7, 11) is 0. The molecule has 0 saturated carbocycles. The molecule has 4 heterocycles. The van der Waals surface area contributed by atoms with Gasteiger partial charge in [0, 0.05) is 6.42 Å². The molecule has 4 aliphatic heterocycles. The summed E-state index contributed by atoms with van der Waals surface area (Å²) in [6, 6.07) is 0. The number of rotatable bonds is 4. The second-order valence-corrected chi connectivity index (χ2v) is 8.52. The lowest BCUT2D eigenvalue weighted by molar-refractivity contribution is -0.439. The van der Waals surface area contributed by atoms with Crippen LogP contribution in [-0.4, -0.2) is 61.3 Å². The molecule has 150 valence electrons. The third-order valence-corrected chi connectivity index (χ3v) is 5.15. The molecule has 4 rings (SSSR count). The van der Waals surface area contributed by atoms with Crippen LogP contribution >= 0.6 is 0 Å². The first-order chi connectivity index (χ1) is 12.2. The van der Waals surface area contributed by atoms with Crippen LogP contribution in [0.3, 0.4) is 0 Å². The van der Waals surface area contributed by atoms with Gasteiger partial charge in [-0.25, -0.2) is 9.78 Å². The molecule has 0 amide bonds. The molecule has 8 nitrogen and oxygen atoms in total. The van der Waals surface area contributed by atoms with Crippen molar-refractivity contribution in [3.8, 4) is 0 Å². The zero-order valence-electron chi connectivity index (χ0n) is 16.2. The largest absolute Gasteiger partial charge is 0.348 e. The first-order valence-electron chi connectivity index (χ1n) is 9.48. The van der Waals surface area contributed by atoms with Crippen molar-refractivity contribution in [2.45, 2.75) is 102 Å². The summed E-state index contributed by atoms with van der Waals surface area (Å²) in [5.41, 5.74) is 0. The quantitative estimate of drug-likeness (QED) is 0.548. The van der Waals surface area contributed by atoms with Gasteiger partial charge in [-0.2, -0.15) is 0 Å². The van der Waals surface area contributed by atoms with Crippen molar-refractivity contribution in [2.75, 3.05) is 13.2 Å². The normalized spacial score (nSPS) is 46.7. The van der Waals surface area contributed by atoms with Crippen LogP contribution in [0.2, 0.25) is 0 Å². The summed E-state index contributed by atoms with van der Waals surface area (Å²) in [5, 5.41) is 0. The summed E-state index contributed by atoms with van der Waals surface area (Å²) in [6.07, 6.45) is 1.02. The van der Waals surface area contributed by atoms with Crippen LogP contribution in [0.5, 0.6) is 0 Å². The molecule has 0 aromatic rings. The molecule has 0 aliphatic carbocycles. The number of hydrogen-bond acceptors (Lipinski definition) is 8. The highest BCUT2D eigenvalue weighted by Crippen LogP contribution is 2.44. The molecule has 6 atom stereocenters.